The number of nitrogens with zero attached hydrogens (tertiary/aromatic N) is 1. The molecule has 0 saturated heterocycles. The van der Waals surface area contributed by atoms with E-state index in [4.69, 9.17) is 0 Å². The van der Waals surface area contributed by atoms with Gasteiger partial charge in [-0.2, -0.15) is 13.2 Å². The molecule has 6 heteroatoms. The molecule has 0 aromatic rings. The van der Waals surface area contributed by atoms with Crippen LogP contribution in [0.15, 0.2) is 5.18 Å². The Hall–Kier alpha value is -0.650. The lowest BCUT2D eigenvalue weighted by Gasteiger charge is -2.03. The van der Waals surface area contributed by atoms with Crippen molar-refractivity contribution in [1.29, 1.82) is 0 Å². The van der Waals surface area contributed by atoms with Crippen molar-refractivity contribution < 1.29 is 13.2 Å². The second-order valence-corrected chi connectivity index (χ2v) is 1.33. The Morgan fingerprint density at radius 3 is 2.33 bits per heavy atom. The van der Waals surface area contributed by atoms with Gasteiger partial charge in [0.05, 0.1) is 6.54 Å². The molecule has 0 aliphatic heterocycles. The number of nitrogens with one attached hydrogen (secondary N) is 1. The van der Waals surface area contributed by atoms with Crippen molar-refractivity contribution in [2.75, 3.05) is 13.2 Å². The third-order valence-corrected chi connectivity index (χ3v) is 0.502. The zero-order valence-electron chi connectivity index (χ0n) is 4.40. The van der Waals surface area contributed by atoms with Gasteiger partial charge in [0.2, 0.25) is 0 Å². The summed E-state index contributed by atoms with van der Waals surface area (Å²) in [6, 6.07) is 0. The maximum absolute atomic E-state index is 11.2. The summed E-state index contributed by atoms with van der Waals surface area (Å²) in [6.07, 6.45) is -4.26. The first-order chi connectivity index (χ1) is 4.06. The molecule has 0 radical (unpaired) electrons. The molecule has 0 unspecified atom stereocenters. The highest BCUT2D eigenvalue weighted by Crippen LogP contribution is 2.11. The molecule has 0 aliphatic carbocycles. The summed E-state index contributed by atoms with van der Waals surface area (Å²) in [7, 11) is 0. The molecule has 0 spiro atoms. The van der Waals surface area contributed by atoms with Crippen LogP contribution in [0.5, 0.6) is 0 Å². The summed E-state index contributed by atoms with van der Waals surface area (Å²) in [5.74, 6) is 0. The Morgan fingerprint density at radius 2 is 2.00 bits per heavy atom. The third kappa shape index (κ3) is 7.35. The number of rotatable bonds is 3. The molecule has 1 N–H and O–H groups in total. The van der Waals surface area contributed by atoms with Gasteiger partial charge in [-0.3, -0.25) is 5.32 Å². The van der Waals surface area contributed by atoms with Crippen LogP contribution in [0.3, 0.4) is 0 Å². The van der Waals surface area contributed by atoms with E-state index in [1.807, 2.05) is 0 Å². The quantitative estimate of drug-likeness (QED) is 0.469. The topological polar surface area (TPSA) is 41.5 Å². The number of hydrogen-bond donors (Lipinski definition) is 1. The lowest BCUT2D eigenvalue weighted by molar-refractivity contribution is -0.124. The lowest BCUT2D eigenvalue weighted by atomic mass is 10.6. The molecule has 0 heterocycles. The highest BCUT2D eigenvalue weighted by molar-refractivity contribution is 4.53. The molecule has 0 bridgehead atoms. The predicted molar refractivity (Wildman–Crippen MR) is 24.7 cm³/mol. The number of hydrogen-bond acceptors (Lipinski definition) is 3. The van der Waals surface area contributed by atoms with Crippen LogP contribution in [0.1, 0.15) is 0 Å². The van der Waals surface area contributed by atoms with E-state index in [0.717, 1.165) is 0 Å². The molecule has 0 saturated carbocycles. The van der Waals surface area contributed by atoms with Crippen LogP contribution in [0.2, 0.25) is 0 Å². The fourth-order valence-corrected chi connectivity index (χ4v) is 0.243. The number of halogens is 3. The first-order valence-corrected chi connectivity index (χ1v) is 2.13. The van der Waals surface area contributed by atoms with Crippen LogP contribution >= 0.6 is 0 Å². The molecule has 54 valence electrons. The minimum Gasteiger partial charge on any atom is -0.287 e. The van der Waals surface area contributed by atoms with Crippen molar-refractivity contribution in [1.82, 2.24) is 5.32 Å². The molecule has 0 rings (SSSR count). The van der Waals surface area contributed by atoms with Gasteiger partial charge in [0.1, 0.15) is 6.67 Å². The Labute approximate surface area is 49.2 Å². The number of nitroso groups, excluding NO2 is 1. The van der Waals surface area contributed by atoms with Crippen LogP contribution in [0, 0.1) is 4.91 Å². The van der Waals surface area contributed by atoms with Crippen LogP contribution < -0.4 is 5.32 Å². The zero-order valence-corrected chi connectivity index (χ0v) is 4.40. The minimum atomic E-state index is -4.26. The maximum Gasteiger partial charge on any atom is 0.401 e. The van der Waals surface area contributed by atoms with Crippen molar-refractivity contribution in [3.63, 3.8) is 0 Å². The molecule has 9 heavy (non-hydrogen) atoms. The molecule has 0 aromatic heterocycles. The molecule has 0 aliphatic rings. The first kappa shape index (κ1) is 8.35. The summed E-state index contributed by atoms with van der Waals surface area (Å²) >= 11 is 0. The zero-order chi connectivity index (χ0) is 7.33. The van der Waals surface area contributed by atoms with E-state index in [9.17, 15) is 18.1 Å². The molecular formula is C3H5F3N2O. The van der Waals surface area contributed by atoms with Crippen LogP contribution in [-0.4, -0.2) is 19.4 Å². The van der Waals surface area contributed by atoms with Gasteiger partial charge < -0.3 is 0 Å². The fraction of sp³-hybridized carbons (Fsp3) is 1.00. The van der Waals surface area contributed by atoms with E-state index in [-0.39, 0.29) is 0 Å². The van der Waals surface area contributed by atoms with Crippen molar-refractivity contribution in [3.8, 4) is 0 Å². The van der Waals surface area contributed by atoms with E-state index in [2.05, 4.69) is 5.18 Å². The largest absolute Gasteiger partial charge is 0.401 e. The van der Waals surface area contributed by atoms with Crippen molar-refractivity contribution in [3.05, 3.63) is 4.91 Å². The van der Waals surface area contributed by atoms with E-state index in [1.54, 1.807) is 5.32 Å². The lowest BCUT2D eigenvalue weighted by Crippen LogP contribution is -2.28. The molecule has 0 fully saturated rings. The van der Waals surface area contributed by atoms with Crippen LogP contribution in [0.4, 0.5) is 13.2 Å². The SMILES string of the molecule is O=NCNCC(F)(F)F. The normalized spacial score (nSPS) is 11.4. The third-order valence-electron chi connectivity index (χ3n) is 0.502. The summed E-state index contributed by atoms with van der Waals surface area (Å²) in [6.45, 7) is -1.67. The molecular weight excluding hydrogens is 137 g/mol. The summed E-state index contributed by atoms with van der Waals surface area (Å²) in [4.78, 5) is 9.21. The van der Waals surface area contributed by atoms with E-state index < -0.39 is 19.4 Å². The first-order valence-electron chi connectivity index (χ1n) is 2.13. The van der Waals surface area contributed by atoms with Crippen LogP contribution in [0.25, 0.3) is 0 Å². The fourth-order valence-electron chi connectivity index (χ4n) is 0.243. The second kappa shape index (κ2) is 3.39. The maximum atomic E-state index is 11.2. The van der Waals surface area contributed by atoms with Crippen LogP contribution in [-0.2, 0) is 0 Å². The Bertz CT molecular complexity index is 91.5. The number of alkyl halides is 3. The molecule has 0 atom stereocenters. The smallest absolute Gasteiger partial charge is 0.287 e. The van der Waals surface area contributed by atoms with Crippen molar-refractivity contribution >= 4 is 0 Å². The van der Waals surface area contributed by atoms with Gasteiger partial charge in [0.15, 0.2) is 0 Å². The van der Waals surface area contributed by atoms with E-state index >= 15 is 0 Å². The molecule has 0 amide bonds. The molecule has 0 aromatic carbocycles. The minimum absolute atomic E-state index is 0.500. The second-order valence-electron chi connectivity index (χ2n) is 1.33. The van der Waals surface area contributed by atoms with Gasteiger partial charge in [0, 0.05) is 0 Å². The van der Waals surface area contributed by atoms with Gasteiger partial charge in [-0.05, 0) is 0 Å². The van der Waals surface area contributed by atoms with Gasteiger partial charge >= 0.3 is 6.18 Å². The average molecular weight is 142 g/mol. The summed E-state index contributed by atoms with van der Waals surface area (Å²) in [5.41, 5.74) is 0. The Kier molecular flexibility index (Phi) is 3.15. The average Bonchev–Trinajstić information content (AvgIpc) is 1.63. The van der Waals surface area contributed by atoms with Gasteiger partial charge in [-0.1, -0.05) is 5.18 Å². The van der Waals surface area contributed by atoms with Gasteiger partial charge in [-0.15, -0.1) is 4.91 Å². The predicted octanol–water partition coefficient (Wildman–Crippen LogP) is 0.862. The van der Waals surface area contributed by atoms with Gasteiger partial charge in [-0.25, -0.2) is 0 Å². The Morgan fingerprint density at radius 1 is 1.44 bits per heavy atom. The summed E-state index contributed by atoms with van der Waals surface area (Å²) in [5, 5.41) is 3.95. The summed E-state index contributed by atoms with van der Waals surface area (Å²) < 4.78 is 33.5. The van der Waals surface area contributed by atoms with Gasteiger partial charge in [0.25, 0.3) is 0 Å². The van der Waals surface area contributed by atoms with Crippen molar-refractivity contribution in [2.24, 2.45) is 5.18 Å². The van der Waals surface area contributed by atoms with Crippen molar-refractivity contribution in [2.45, 2.75) is 6.18 Å². The Balaban J connectivity index is 3.17. The highest BCUT2D eigenvalue weighted by atomic mass is 19.4. The van der Waals surface area contributed by atoms with E-state index in [0.29, 0.717) is 0 Å². The van der Waals surface area contributed by atoms with E-state index in [1.165, 1.54) is 0 Å². The monoisotopic (exact) mass is 142 g/mol. The standard InChI is InChI=1S/C3H5F3N2O/c4-3(5,6)1-7-2-8-9/h7H,1-2H2. The highest BCUT2D eigenvalue weighted by Gasteiger charge is 2.25. The molecule has 3 nitrogen and oxygen atoms in total.